The van der Waals surface area contributed by atoms with E-state index in [1.807, 2.05) is 0 Å². The number of piperidine rings is 2. The molecule has 0 aromatic heterocycles. The van der Waals surface area contributed by atoms with Crippen LogP contribution in [-0.4, -0.2) is 49.2 Å². The van der Waals surface area contributed by atoms with Crippen LogP contribution in [0.5, 0.6) is 0 Å². The predicted octanol–water partition coefficient (Wildman–Crippen LogP) is 1.84. The molecule has 1 atom stereocenters. The average Bonchev–Trinajstić information content (AvgIpc) is 2.28. The van der Waals surface area contributed by atoms with E-state index in [1.54, 1.807) is 0 Å². The number of nitrogens with zero attached hydrogens (tertiary/aromatic N) is 1. The van der Waals surface area contributed by atoms with Crippen LogP contribution in [0.25, 0.3) is 0 Å². The predicted molar refractivity (Wildman–Crippen MR) is 77.9 cm³/mol. The van der Waals surface area contributed by atoms with Gasteiger partial charge in [0.1, 0.15) is 0 Å². The van der Waals surface area contributed by atoms with Crippen LogP contribution in [0.4, 0.5) is 0 Å². The maximum Gasteiger partial charge on any atom is 0.0200 e. The van der Waals surface area contributed by atoms with E-state index >= 15 is 0 Å². The summed E-state index contributed by atoms with van der Waals surface area (Å²) >= 11 is 0. The Balaban J connectivity index is 1.75. The molecule has 0 spiro atoms. The monoisotopic (exact) mass is 253 g/mol. The van der Waals surface area contributed by atoms with E-state index in [9.17, 15) is 0 Å². The summed E-state index contributed by atoms with van der Waals surface area (Å²) in [7, 11) is 0. The molecule has 3 nitrogen and oxygen atoms in total. The second-order valence-corrected chi connectivity index (χ2v) is 7.19. The highest BCUT2D eigenvalue weighted by molar-refractivity contribution is 4.85. The molecular weight excluding hydrogens is 222 g/mol. The molecule has 2 heterocycles. The molecule has 2 saturated heterocycles. The van der Waals surface area contributed by atoms with Gasteiger partial charge in [0.2, 0.25) is 0 Å². The molecule has 0 saturated carbocycles. The third kappa shape index (κ3) is 4.87. The van der Waals surface area contributed by atoms with Crippen LogP contribution in [0, 0.1) is 5.92 Å². The first kappa shape index (κ1) is 14.3. The van der Waals surface area contributed by atoms with E-state index < -0.39 is 0 Å². The molecule has 2 aliphatic heterocycles. The van der Waals surface area contributed by atoms with Crippen molar-refractivity contribution in [1.82, 2.24) is 15.5 Å². The van der Waals surface area contributed by atoms with Crippen molar-refractivity contribution in [3.05, 3.63) is 0 Å². The maximum atomic E-state index is 3.77. The molecule has 18 heavy (non-hydrogen) atoms. The first-order chi connectivity index (χ1) is 8.53. The zero-order valence-corrected chi connectivity index (χ0v) is 12.5. The van der Waals surface area contributed by atoms with E-state index in [4.69, 9.17) is 0 Å². The van der Waals surface area contributed by atoms with Gasteiger partial charge in [0, 0.05) is 24.7 Å². The maximum absolute atomic E-state index is 3.77. The number of likely N-dealkylation sites (tertiary alicyclic amines) is 1. The van der Waals surface area contributed by atoms with Crippen molar-refractivity contribution in [2.75, 3.05) is 32.7 Å². The van der Waals surface area contributed by atoms with Gasteiger partial charge in [-0.1, -0.05) is 0 Å². The molecule has 0 aromatic carbocycles. The van der Waals surface area contributed by atoms with E-state index in [-0.39, 0.29) is 5.54 Å². The van der Waals surface area contributed by atoms with E-state index in [0.717, 1.165) is 5.92 Å². The average molecular weight is 253 g/mol. The van der Waals surface area contributed by atoms with Crippen LogP contribution in [-0.2, 0) is 0 Å². The molecular formula is C15H31N3. The van der Waals surface area contributed by atoms with Crippen molar-refractivity contribution in [2.45, 2.75) is 58.0 Å². The van der Waals surface area contributed by atoms with Gasteiger partial charge in [-0.3, -0.25) is 0 Å². The summed E-state index contributed by atoms with van der Waals surface area (Å²) in [5.41, 5.74) is 0.252. The number of rotatable bonds is 3. The topological polar surface area (TPSA) is 27.3 Å². The Morgan fingerprint density at radius 2 is 1.89 bits per heavy atom. The summed E-state index contributed by atoms with van der Waals surface area (Å²) in [4.78, 5) is 2.70. The molecule has 0 aliphatic carbocycles. The summed E-state index contributed by atoms with van der Waals surface area (Å²) in [5.74, 6) is 0.930. The van der Waals surface area contributed by atoms with Gasteiger partial charge >= 0.3 is 0 Å². The summed E-state index contributed by atoms with van der Waals surface area (Å²) < 4.78 is 0. The van der Waals surface area contributed by atoms with E-state index in [0.29, 0.717) is 6.04 Å². The minimum Gasteiger partial charge on any atom is -0.317 e. The highest BCUT2D eigenvalue weighted by Gasteiger charge is 2.25. The van der Waals surface area contributed by atoms with Gasteiger partial charge in [-0.05, 0) is 72.0 Å². The van der Waals surface area contributed by atoms with Crippen molar-refractivity contribution in [2.24, 2.45) is 5.92 Å². The summed E-state index contributed by atoms with van der Waals surface area (Å²) in [5, 5.41) is 7.23. The highest BCUT2D eigenvalue weighted by Crippen LogP contribution is 2.18. The van der Waals surface area contributed by atoms with Gasteiger partial charge in [-0.2, -0.15) is 0 Å². The fourth-order valence-corrected chi connectivity index (χ4v) is 3.38. The standard InChI is InChI=1S/C15H31N3/c1-15(2,3)17-14-5-4-10-18(12-14)11-13-6-8-16-9-7-13/h13-14,16-17H,4-12H2,1-3H3/t14-/m0/s1. The molecule has 0 radical (unpaired) electrons. The normalized spacial score (nSPS) is 28.5. The molecule has 2 fully saturated rings. The van der Waals surface area contributed by atoms with Crippen LogP contribution in [0.3, 0.4) is 0 Å². The lowest BCUT2D eigenvalue weighted by Crippen LogP contribution is -2.52. The van der Waals surface area contributed by atoms with Crippen LogP contribution in [0.15, 0.2) is 0 Å². The molecule has 0 amide bonds. The third-order valence-corrected chi connectivity index (χ3v) is 4.12. The lowest BCUT2D eigenvalue weighted by atomic mass is 9.95. The third-order valence-electron chi connectivity index (χ3n) is 4.12. The van der Waals surface area contributed by atoms with Crippen molar-refractivity contribution in [3.63, 3.8) is 0 Å². The van der Waals surface area contributed by atoms with Crippen LogP contribution >= 0.6 is 0 Å². The SMILES string of the molecule is CC(C)(C)N[C@H]1CCCN(CC2CCNCC2)C1. The van der Waals surface area contributed by atoms with E-state index in [1.165, 1.54) is 58.4 Å². The van der Waals surface area contributed by atoms with Gasteiger partial charge in [0.05, 0.1) is 0 Å². The molecule has 3 heteroatoms. The van der Waals surface area contributed by atoms with E-state index in [2.05, 4.69) is 36.3 Å². The fraction of sp³-hybridized carbons (Fsp3) is 1.00. The Morgan fingerprint density at radius 3 is 2.56 bits per heavy atom. The molecule has 0 unspecified atom stereocenters. The lowest BCUT2D eigenvalue weighted by molar-refractivity contribution is 0.141. The van der Waals surface area contributed by atoms with Gasteiger partial charge in [-0.25, -0.2) is 0 Å². The lowest BCUT2D eigenvalue weighted by Gasteiger charge is -2.39. The van der Waals surface area contributed by atoms with Crippen molar-refractivity contribution in [1.29, 1.82) is 0 Å². The quantitative estimate of drug-likeness (QED) is 0.804. The zero-order valence-electron chi connectivity index (χ0n) is 12.5. The van der Waals surface area contributed by atoms with Crippen LogP contribution in [0.2, 0.25) is 0 Å². The van der Waals surface area contributed by atoms with Gasteiger partial charge in [-0.15, -0.1) is 0 Å². The Morgan fingerprint density at radius 1 is 1.17 bits per heavy atom. The van der Waals surface area contributed by atoms with Crippen LogP contribution < -0.4 is 10.6 Å². The Hall–Kier alpha value is -0.120. The highest BCUT2D eigenvalue weighted by atomic mass is 15.2. The van der Waals surface area contributed by atoms with Crippen molar-refractivity contribution in [3.8, 4) is 0 Å². The first-order valence-corrected chi connectivity index (χ1v) is 7.74. The molecule has 106 valence electrons. The summed E-state index contributed by atoms with van der Waals surface area (Å²) in [6.45, 7) is 13.2. The Labute approximate surface area is 113 Å². The minimum atomic E-state index is 0.252. The number of hydrogen-bond acceptors (Lipinski definition) is 3. The Bertz CT molecular complexity index is 241. The first-order valence-electron chi connectivity index (χ1n) is 7.74. The minimum absolute atomic E-state index is 0.252. The largest absolute Gasteiger partial charge is 0.317 e. The Kier molecular flexibility index (Phi) is 5.05. The fourth-order valence-electron chi connectivity index (χ4n) is 3.38. The van der Waals surface area contributed by atoms with Gasteiger partial charge in [0.15, 0.2) is 0 Å². The van der Waals surface area contributed by atoms with Crippen LogP contribution in [0.1, 0.15) is 46.5 Å². The molecule has 0 aromatic rings. The second-order valence-electron chi connectivity index (χ2n) is 7.19. The smallest absolute Gasteiger partial charge is 0.0200 e. The molecule has 2 rings (SSSR count). The van der Waals surface area contributed by atoms with Gasteiger partial charge in [0.25, 0.3) is 0 Å². The second kappa shape index (κ2) is 6.36. The van der Waals surface area contributed by atoms with Crippen molar-refractivity contribution >= 4 is 0 Å². The number of hydrogen-bond donors (Lipinski definition) is 2. The molecule has 2 N–H and O–H groups in total. The van der Waals surface area contributed by atoms with Gasteiger partial charge < -0.3 is 15.5 Å². The number of nitrogens with one attached hydrogen (secondary N) is 2. The zero-order chi connectivity index (χ0) is 13.0. The summed E-state index contributed by atoms with van der Waals surface area (Å²) in [6.07, 6.45) is 5.44. The summed E-state index contributed by atoms with van der Waals surface area (Å²) in [6, 6.07) is 0.695. The van der Waals surface area contributed by atoms with Crippen molar-refractivity contribution < 1.29 is 0 Å². The molecule has 2 aliphatic rings. The molecule has 0 bridgehead atoms.